The van der Waals surface area contributed by atoms with Crippen molar-refractivity contribution in [1.82, 2.24) is 24.3 Å². The predicted octanol–water partition coefficient (Wildman–Crippen LogP) is 3.13. The van der Waals surface area contributed by atoms with Crippen LogP contribution in [0, 0.1) is 18.8 Å². The molecule has 0 unspecified atom stereocenters. The molecule has 156 valence electrons. The highest BCUT2D eigenvalue weighted by molar-refractivity contribution is 5.76. The summed E-state index contributed by atoms with van der Waals surface area (Å²) in [6, 6.07) is 6.10. The first-order valence-electron chi connectivity index (χ1n) is 11.0. The maximum atomic E-state index is 12.9. The maximum Gasteiger partial charge on any atom is 0.222 e. The van der Waals surface area contributed by atoms with Gasteiger partial charge in [-0.2, -0.15) is 0 Å². The van der Waals surface area contributed by atoms with Gasteiger partial charge in [-0.3, -0.25) is 14.7 Å². The SMILES string of the molecule is Cc1nccn1C[C@H]1CCCN(C(=O)CC2CCN(Cc3ccccn3)CC2)C1. The predicted molar refractivity (Wildman–Crippen MR) is 113 cm³/mol. The lowest BCUT2D eigenvalue weighted by Gasteiger charge is -2.36. The Labute approximate surface area is 173 Å². The van der Waals surface area contributed by atoms with Crippen molar-refractivity contribution in [3.8, 4) is 0 Å². The molecule has 2 aliphatic rings. The van der Waals surface area contributed by atoms with Gasteiger partial charge in [-0.15, -0.1) is 0 Å². The molecule has 4 heterocycles. The van der Waals surface area contributed by atoms with Gasteiger partial charge in [0.25, 0.3) is 0 Å². The molecule has 6 nitrogen and oxygen atoms in total. The summed E-state index contributed by atoms with van der Waals surface area (Å²) in [6.07, 6.45) is 11.0. The molecule has 0 saturated carbocycles. The first-order valence-corrected chi connectivity index (χ1v) is 11.0. The Hall–Kier alpha value is -2.21. The molecule has 0 radical (unpaired) electrons. The van der Waals surface area contributed by atoms with Crippen LogP contribution < -0.4 is 0 Å². The highest BCUT2D eigenvalue weighted by Gasteiger charge is 2.27. The normalized spacial score (nSPS) is 21.4. The number of rotatable bonds is 6. The zero-order valence-electron chi connectivity index (χ0n) is 17.5. The van der Waals surface area contributed by atoms with E-state index >= 15 is 0 Å². The zero-order valence-corrected chi connectivity index (χ0v) is 17.5. The summed E-state index contributed by atoms with van der Waals surface area (Å²) >= 11 is 0. The summed E-state index contributed by atoms with van der Waals surface area (Å²) in [6.45, 7) is 7.90. The standard InChI is InChI=1S/C23H33N5O/c1-19-24-10-14-27(19)16-21-5-4-11-28(17-21)23(29)15-20-7-12-26(13-8-20)18-22-6-2-3-9-25-22/h2-3,6,9-10,14,20-21H,4-5,7-8,11-13,15-18H2,1H3/t21-/m1/s1. The summed E-state index contributed by atoms with van der Waals surface area (Å²) in [7, 11) is 0. The number of piperidine rings is 2. The third-order valence-electron chi connectivity index (χ3n) is 6.53. The van der Waals surface area contributed by atoms with E-state index in [0.717, 1.165) is 70.0 Å². The van der Waals surface area contributed by atoms with Crippen LogP contribution in [-0.2, 0) is 17.9 Å². The number of aryl methyl sites for hydroxylation is 1. The van der Waals surface area contributed by atoms with E-state index in [2.05, 4.69) is 36.6 Å². The third-order valence-corrected chi connectivity index (χ3v) is 6.53. The summed E-state index contributed by atoms with van der Waals surface area (Å²) in [5.74, 6) is 2.49. The Morgan fingerprint density at radius 1 is 1.07 bits per heavy atom. The summed E-state index contributed by atoms with van der Waals surface area (Å²) in [5.41, 5.74) is 1.13. The van der Waals surface area contributed by atoms with E-state index in [4.69, 9.17) is 0 Å². The van der Waals surface area contributed by atoms with Crippen LogP contribution in [0.15, 0.2) is 36.8 Å². The number of carbonyl (C=O) groups excluding carboxylic acids is 1. The van der Waals surface area contributed by atoms with Gasteiger partial charge >= 0.3 is 0 Å². The fraction of sp³-hybridized carbons (Fsp3) is 0.609. The topological polar surface area (TPSA) is 54.3 Å². The van der Waals surface area contributed by atoms with Gasteiger partial charge in [0.1, 0.15) is 5.82 Å². The Kier molecular flexibility index (Phi) is 6.60. The maximum absolute atomic E-state index is 12.9. The first kappa shape index (κ1) is 20.1. The molecule has 0 aliphatic carbocycles. The van der Waals surface area contributed by atoms with Crippen LogP contribution in [0.4, 0.5) is 0 Å². The molecule has 0 spiro atoms. The second kappa shape index (κ2) is 9.53. The number of imidazole rings is 1. The van der Waals surface area contributed by atoms with Crippen LogP contribution in [0.5, 0.6) is 0 Å². The number of pyridine rings is 1. The van der Waals surface area contributed by atoms with Crippen molar-refractivity contribution in [3.05, 3.63) is 48.3 Å². The van der Waals surface area contributed by atoms with Gasteiger partial charge in [0.2, 0.25) is 5.91 Å². The van der Waals surface area contributed by atoms with Crippen LogP contribution in [0.2, 0.25) is 0 Å². The number of carbonyl (C=O) groups is 1. The Morgan fingerprint density at radius 3 is 2.66 bits per heavy atom. The molecule has 0 aromatic carbocycles. The minimum Gasteiger partial charge on any atom is -0.342 e. The lowest BCUT2D eigenvalue weighted by atomic mass is 9.91. The number of hydrogen-bond acceptors (Lipinski definition) is 4. The van der Waals surface area contributed by atoms with Gasteiger partial charge < -0.3 is 9.47 Å². The second-order valence-corrected chi connectivity index (χ2v) is 8.72. The molecule has 2 aromatic rings. The molecular formula is C23H33N5O. The van der Waals surface area contributed by atoms with Crippen molar-refractivity contribution in [1.29, 1.82) is 0 Å². The van der Waals surface area contributed by atoms with Crippen LogP contribution in [0.25, 0.3) is 0 Å². The highest BCUT2D eigenvalue weighted by atomic mass is 16.2. The van der Waals surface area contributed by atoms with E-state index in [1.165, 1.54) is 6.42 Å². The van der Waals surface area contributed by atoms with E-state index in [0.29, 0.717) is 24.2 Å². The molecule has 2 saturated heterocycles. The van der Waals surface area contributed by atoms with Crippen molar-refractivity contribution in [3.63, 3.8) is 0 Å². The number of amides is 1. The molecule has 0 N–H and O–H groups in total. The molecule has 0 bridgehead atoms. The van der Waals surface area contributed by atoms with Gasteiger partial charge in [-0.05, 0) is 69.7 Å². The molecule has 2 fully saturated rings. The Balaban J connectivity index is 1.22. The molecule has 29 heavy (non-hydrogen) atoms. The molecule has 2 aliphatic heterocycles. The molecule has 6 heteroatoms. The van der Waals surface area contributed by atoms with Gasteiger partial charge in [-0.1, -0.05) is 6.07 Å². The average Bonchev–Trinajstić information content (AvgIpc) is 3.15. The number of hydrogen-bond donors (Lipinski definition) is 0. The average molecular weight is 396 g/mol. The fourth-order valence-electron chi connectivity index (χ4n) is 4.76. The van der Waals surface area contributed by atoms with E-state index < -0.39 is 0 Å². The quantitative estimate of drug-likeness (QED) is 0.754. The van der Waals surface area contributed by atoms with Crippen molar-refractivity contribution in [2.75, 3.05) is 26.2 Å². The van der Waals surface area contributed by atoms with Crippen LogP contribution in [0.1, 0.15) is 43.6 Å². The zero-order chi connectivity index (χ0) is 20.1. The molecule has 2 aromatic heterocycles. The van der Waals surface area contributed by atoms with Gasteiger partial charge in [0, 0.05) is 51.2 Å². The summed E-state index contributed by atoms with van der Waals surface area (Å²) in [4.78, 5) is 26.3. The minimum atomic E-state index is 0.361. The Morgan fingerprint density at radius 2 is 1.93 bits per heavy atom. The van der Waals surface area contributed by atoms with Gasteiger partial charge in [0.05, 0.1) is 5.69 Å². The van der Waals surface area contributed by atoms with E-state index in [1.807, 2.05) is 31.5 Å². The monoisotopic (exact) mass is 395 g/mol. The molecular weight excluding hydrogens is 362 g/mol. The first-order chi connectivity index (χ1) is 14.2. The van der Waals surface area contributed by atoms with Crippen molar-refractivity contribution in [2.45, 2.75) is 52.1 Å². The van der Waals surface area contributed by atoms with Crippen molar-refractivity contribution < 1.29 is 4.79 Å². The lowest BCUT2D eigenvalue weighted by Crippen LogP contribution is -2.42. The summed E-state index contributed by atoms with van der Waals surface area (Å²) in [5, 5.41) is 0. The second-order valence-electron chi connectivity index (χ2n) is 8.72. The Bertz CT molecular complexity index is 782. The fourth-order valence-corrected chi connectivity index (χ4v) is 4.76. The smallest absolute Gasteiger partial charge is 0.222 e. The van der Waals surface area contributed by atoms with Crippen LogP contribution >= 0.6 is 0 Å². The lowest BCUT2D eigenvalue weighted by molar-refractivity contribution is -0.134. The van der Waals surface area contributed by atoms with Crippen molar-refractivity contribution >= 4 is 5.91 Å². The summed E-state index contributed by atoms with van der Waals surface area (Å²) < 4.78 is 2.22. The van der Waals surface area contributed by atoms with Crippen LogP contribution in [-0.4, -0.2) is 56.4 Å². The number of likely N-dealkylation sites (tertiary alicyclic amines) is 2. The highest BCUT2D eigenvalue weighted by Crippen LogP contribution is 2.25. The van der Waals surface area contributed by atoms with E-state index in [1.54, 1.807) is 0 Å². The van der Waals surface area contributed by atoms with Crippen LogP contribution in [0.3, 0.4) is 0 Å². The van der Waals surface area contributed by atoms with E-state index in [9.17, 15) is 4.79 Å². The molecule has 4 rings (SSSR count). The van der Waals surface area contributed by atoms with Crippen molar-refractivity contribution in [2.24, 2.45) is 11.8 Å². The van der Waals surface area contributed by atoms with E-state index in [-0.39, 0.29) is 0 Å². The molecule has 1 amide bonds. The largest absolute Gasteiger partial charge is 0.342 e. The minimum absolute atomic E-state index is 0.361. The third kappa shape index (κ3) is 5.44. The van der Waals surface area contributed by atoms with Gasteiger partial charge in [-0.25, -0.2) is 4.98 Å². The number of nitrogens with zero attached hydrogens (tertiary/aromatic N) is 5. The number of aromatic nitrogens is 3. The molecule has 1 atom stereocenters. The van der Waals surface area contributed by atoms with Gasteiger partial charge in [0.15, 0.2) is 0 Å².